The summed E-state index contributed by atoms with van der Waals surface area (Å²) in [6, 6.07) is 4.90. The van der Waals surface area contributed by atoms with E-state index in [0.29, 0.717) is 15.7 Å². The van der Waals surface area contributed by atoms with E-state index in [0.717, 1.165) is 6.20 Å². The summed E-state index contributed by atoms with van der Waals surface area (Å²) in [5.41, 5.74) is 0.218. The molecule has 22 heavy (non-hydrogen) atoms. The Morgan fingerprint density at radius 2 is 2.09 bits per heavy atom. The van der Waals surface area contributed by atoms with Gasteiger partial charge in [-0.25, -0.2) is 0 Å². The molecule has 0 fully saturated rings. The van der Waals surface area contributed by atoms with Crippen LogP contribution in [0.15, 0.2) is 30.6 Å². The molecule has 0 saturated carbocycles. The minimum Gasteiger partial charge on any atom is -0.323 e. The molecule has 1 atom stereocenters. The van der Waals surface area contributed by atoms with E-state index in [-0.39, 0.29) is 18.1 Å². The van der Waals surface area contributed by atoms with Gasteiger partial charge in [-0.2, -0.15) is 5.10 Å². The lowest BCUT2D eigenvalue weighted by Gasteiger charge is -2.14. The Labute approximate surface area is 136 Å². The number of aromatic nitrogens is 2. The zero-order chi connectivity index (χ0) is 16.3. The van der Waals surface area contributed by atoms with Gasteiger partial charge in [0, 0.05) is 0 Å². The zero-order valence-corrected chi connectivity index (χ0v) is 13.0. The first-order chi connectivity index (χ1) is 10.4. The van der Waals surface area contributed by atoms with E-state index < -0.39 is 10.8 Å². The van der Waals surface area contributed by atoms with Crippen molar-refractivity contribution in [2.24, 2.45) is 5.92 Å². The number of hydrogen-bond donors (Lipinski definition) is 1. The van der Waals surface area contributed by atoms with E-state index in [9.17, 15) is 14.9 Å². The molecule has 9 heteroatoms. The van der Waals surface area contributed by atoms with Crippen LogP contribution in [0.4, 0.5) is 11.4 Å². The molecule has 0 radical (unpaired) electrons. The third-order valence-corrected chi connectivity index (χ3v) is 3.58. The number of anilines is 1. The van der Waals surface area contributed by atoms with Crippen molar-refractivity contribution in [3.05, 3.63) is 50.8 Å². The number of hydrogen-bond acceptors (Lipinski definition) is 4. The first-order valence-electron chi connectivity index (χ1n) is 6.30. The summed E-state index contributed by atoms with van der Waals surface area (Å²) in [4.78, 5) is 22.2. The highest BCUT2D eigenvalue weighted by Gasteiger charge is 2.18. The summed E-state index contributed by atoms with van der Waals surface area (Å²) in [6.07, 6.45) is 2.40. The molecule has 1 N–H and O–H groups in total. The fourth-order valence-corrected chi connectivity index (χ4v) is 2.27. The number of amides is 1. The van der Waals surface area contributed by atoms with Gasteiger partial charge in [0.25, 0.3) is 0 Å². The Bertz CT molecular complexity index is 697. The lowest BCUT2D eigenvalue weighted by molar-refractivity contribution is -0.385. The molecule has 0 aliphatic carbocycles. The van der Waals surface area contributed by atoms with E-state index in [2.05, 4.69) is 10.4 Å². The van der Waals surface area contributed by atoms with Crippen LogP contribution >= 0.6 is 23.2 Å². The second-order valence-electron chi connectivity index (χ2n) is 4.66. The molecular formula is C13H12Cl2N4O3. The summed E-state index contributed by atoms with van der Waals surface area (Å²) in [5.74, 6) is -0.792. The standard InChI is InChI=1S/C13H12Cl2N4O3/c1-8(6-18-7-9(5-16-18)19(21)22)13(20)17-12-10(14)3-2-4-11(12)15/h2-5,7-8H,6H2,1H3,(H,17,20). The predicted molar refractivity (Wildman–Crippen MR) is 83.1 cm³/mol. The summed E-state index contributed by atoms with van der Waals surface area (Å²) in [5, 5.41) is 17.8. The van der Waals surface area contributed by atoms with E-state index in [1.807, 2.05) is 0 Å². The van der Waals surface area contributed by atoms with Crippen molar-refractivity contribution in [3.8, 4) is 0 Å². The number of rotatable bonds is 5. The van der Waals surface area contributed by atoms with E-state index in [4.69, 9.17) is 23.2 Å². The van der Waals surface area contributed by atoms with Gasteiger partial charge in [-0.15, -0.1) is 0 Å². The van der Waals surface area contributed by atoms with Crippen LogP contribution in [-0.4, -0.2) is 20.6 Å². The fraction of sp³-hybridized carbons (Fsp3) is 0.231. The van der Waals surface area contributed by atoms with Crippen molar-refractivity contribution in [3.63, 3.8) is 0 Å². The summed E-state index contributed by atoms with van der Waals surface area (Å²) in [7, 11) is 0. The molecule has 116 valence electrons. The number of nitrogens with zero attached hydrogens (tertiary/aromatic N) is 3. The highest BCUT2D eigenvalue weighted by molar-refractivity contribution is 6.39. The molecule has 1 amide bonds. The Kier molecular flexibility index (Phi) is 4.99. The van der Waals surface area contributed by atoms with Crippen molar-refractivity contribution in [1.29, 1.82) is 0 Å². The predicted octanol–water partition coefficient (Wildman–Crippen LogP) is 3.37. The monoisotopic (exact) mass is 342 g/mol. The zero-order valence-electron chi connectivity index (χ0n) is 11.5. The van der Waals surface area contributed by atoms with Crippen LogP contribution in [0, 0.1) is 16.0 Å². The lowest BCUT2D eigenvalue weighted by Crippen LogP contribution is -2.24. The fourth-order valence-electron chi connectivity index (χ4n) is 1.77. The molecule has 7 nitrogen and oxygen atoms in total. The molecule has 0 saturated heterocycles. The van der Waals surface area contributed by atoms with Crippen LogP contribution in [0.5, 0.6) is 0 Å². The van der Waals surface area contributed by atoms with E-state index >= 15 is 0 Å². The van der Waals surface area contributed by atoms with Gasteiger partial charge < -0.3 is 5.32 Å². The van der Waals surface area contributed by atoms with Crippen LogP contribution in [0.1, 0.15) is 6.92 Å². The Morgan fingerprint density at radius 1 is 1.45 bits per heavy atom. The number of para-hydroxylation sites is 1. The molecule has 1 aromatic heterocycles. The minimum absolute atomic E-state index is 0.123. The first kappa shape index (κ1) is 16.3. The second kappa shape index (κ2) is 6.76. The van der Waals surface area contributed by atoms with Gasteiger partial charge in [0.05, 0.1) is 33.1 Å². The van der Waals surface area contributed by atoms with Crippen LogP contribution in [0.25, 0.3) is 0 Å². The minimum atomic E-state index is -0.544. The number of carbonyl (C=O) groups is 1. The molecule has 1 aromatic carbocycles. The first-order valence-corrected chi connectivity index (χ1v) is 7.06. The third-order valence-electron chi connectivity index (χ3n) is 2.95. The molecule has 0 aliphatic heterocycles. The SMILES string of the molecule is CC(Cn1cc([N+](=O)[O-])cn1)C(=O)Nc1c(Cl)cccc1Cl. The van der Waals surface area contributed by atoms with Crippen LogP contribution in [-0.2, 0) is 11.3 Å². The quantitative estimate of drug-likeness (QED) is 0.666. The normalized spacial score (nSPS) is 12.0. The Balaban J connectivity index is 2.04. The maximum atomic E-state index is 12.2. The topological polar surface area (TPSA) is 90.1 Å². The Morgan fingerprint density at radius 3 is 2.64 bits per heavy atom. The van der Waals surface area contributed by atoms with Crippen molar-refractivity contribution >= 4 is 40.5 Å². The average molecular weight is 343 g/mol. The molecule has 2 rings (SSSR count). The molecule has 0 aliphatic rings. The van der Waals surface area contributed by atoms with Crippen molar-refractivity contribution in [2.45, 2.75) is 13.5 Å². The molecule has 1 unspecified atom stereocenters. The summed E-state index contributed by atoms with van der Waals surface area (Å²) >= 11 is 12.0. The van der Waals surface area contributed by atoms with Gasteiger partial charge in [0.15, 0.2) is 0 Å². The van der Waals surface area contributed by atoms with Crippen molar-refractivity contribution in [2.75, 3.05) is 5.32 Å². The molecule has 2 aromatic rings. The van der Waals surface area contributed by atoms with Gasteiger partial charge in [-0.3, -0.25) is 19.6 Å². The summed E-state index contributed by atoms with van der Waals surface area (Å²) in [6.45, 7) is 1.87. The van der Waals surface area contributed by atoms with Crippen molar-refractivity contribution in [1.82, 2.24) is 9.78 Å². The Hall–Kier alpha value is -2.12. The van der Waals surface area contributed by atoms with Crippen LogP contribution in [0.2, 0.25) is 10.0 Å². The van der Waals surface area contributed by atoms with Gasteiger partial charge in [-0.1, -0.05) is 36.2 Å². The maximum Gasteiger partial charge on any atom is 0.306 e. The maximum absolute atomic E-state index is 12.2. The van der Waals surface area contributed by atoms with E-state index in [1.54, 1.807) is 25.1 Å². The smallest absolute Gasteiger partial charge is 0.306 e. The highest BCUT2D eigenvalue weighted by atomic mass is 35.5. The van der Waals surface area contributed by atoms with Gasteiger partial charge in [0.2, 0.25) is 5.91 Å². The number of halogens is 2. The number of nitrogens with one attached hydrogen (secondary N) is 1. The van der Waals surface area contributed by atoms with E-state index in [1.165, 1.54) is 10.9 Å². The van der Waals surface area contributed by atoms with Gasteiger partial charge in [-0.05, 0) is 12.1 Å². The van der Waals surface area contributed by atoms with Crippen LogP contribution in [0.3, 0.4) is 0 Å². The largest absolute Gasteiger partial charge is 0.323 e. The molecular weight excluding hydrogens is 331 g/mol. The van der Waals surface area contributed by atoms with Crippen molar-refractivity contribution < 1.29 is 9.72 Å². The number of benzene rings is 1. The summed E-state index contributed by atoms with van der Waals surface area (Å²) < 4.78 is 1.34. The molecule has 1 heterocycles. The molecule has 0 bridgehead atoms. The van der Waals surface area contributed by atoms with Gasteiger partial charge in [0.1, 0.15) is 12.4 Å². The number of nitro groups is 1. The number of carbonyl (C=O) groups excluding carboxylic acids is 1. The second-order valence-corrected chi connectivity index (χ2v) is 5.48. The van der Waals surface area contributed by atoms with Crippen LogP contribution < -0.4 is 5.32 Å². The average Bonchev–Trinajstić information content (AvgIpc) is 2.91. The lowest BCUT2D eigenvalue weighted by atomic mass is 10.1. The van der Waals surface area contributed by atoms with Gasteiger partial charge >= 0.3 is 5.69 Å². The molecule has 0 spiro atoms. The third kappa shape index (κ3) is 3.75. The highest BCUT2D eigenvalue weighted by Crippen LogP contribution is 2.30.